The van der Waals surface area contributed by atoms with Crippen molar-refractivity contribution >= 4 is 22.7 Å². The number of benzene rings is 1. The van der Waals surface area contributed by atoms with Gasteiger partial charge in [0.15, 0.2) is 0 Å². The number of H-pyrrole nitrogens is 1. The maximum Gasteiger partial charge on any atom is 0.263 e. The Balaban J connectivity index is 1.98. The first-order valence-electron chi connectivity index (χ1n) is 10.3. The fraction of sp³-hybridized carbons (Fsp3) is 0.348. The van der Waals surface area contributed by atoms with E-state index < -0.39 is 11.5 Å². The van der Waals surface area contributed by atoms with Crippen molar-refractivity contribution in [1.29, 1.82) is 0 Å². The van der Waals surface area contributed by atoms with E-state index in [9.17, 15) is 14.4 Å². The first kappa shape index (κ1) is 21.4. The van der Waals surface area contributed by atoms with Crippen LogP contribution in [0.4, 0.5) is 0 Å². The van der Waals surface area contributed by atoms with E-state index in [-0.39, 0.29) is 29.6 Å². The van der Waals surface area contributed by atoms with E-state index >= 15 is 0 Å². The van der Waals surface area contributed by atoms with Crippen molar-refractivity contribution in [3.8, 4) is 0 Å². The van der Waals surface area contributed by atoms with Crippen LogP contribution in [0.15, 0.2) is 47.5 Å². The first-order valence-corrected chi connectivity index (χ1v) is 10.3. The highest BCUT2D eigenvalue weighted by Gasteiger charge is 2.18. The molecule has 7 heteroatoms. The number of hydrogen-bond donors (Lipinski definition) is 3. The molecule has 2 heterocycles. The van der Waals surface area contributed by atoms with E-state index in [2.05, 4.69) is 22.5 Å². The van der Waals surface area contributed by atoms with Crippen LogP contribution in [-0.4, -0.2) is 34.5 Å². The van der Waals surface area contributed by atoms with Gasteiger partial charge in [-0.15, -0.1) is 0 Å². The van der Waals surface area contributed by atoms with Crippen LogP contribution in [-0.2, 0) is 6.54 Å². The summed E-state index contributed by atoms with van der Waals surface area (Å²) in [6.07, 6.45) is 6.32. The van der Waals surface area contributed by atoms with Gasteiger partial charge in [-0.2, -0.15) is 0 Å². The number of hydrogen-bond acceptors (Lipinski definition) is 3. The molecular weight excluding hydrogens is 380 g/mol. The van der Waals surface area contributed by atoms with Crippen molar-refractivity contribution in [2.24, 2.45) is 0 Å². The molecule has 0 spiro atoms. The zero-order valence-electron chi connectivity index (χ0n) is 17.6. The van der Waals surface area contributed by atoms with Gasteiger partial charge in [-0.05, 0) is 37.1 Å². The van der Waals surface area contributed by atoms with Crippen molar-refractivity contribution < 1.29 is 9.59 Å². The van der Waals surface area contributed by atoms with E-state index in [1.165, 1.54) is 23.9 Å². The lowest BCUT2D eigenvalue weighted by molar-refractivity contribution is 0.0937. The van der Waals surface area contributed by atoms with Crippen LogP contribution in [0.3, 0.4) is 0 Å². The summed E-state index contributed by atoms with van der Waals surface area (Å²) in [5.74, 6) is -0.806. The van der Waals surface area contributed by atoms with E-state index in [0.29, 0.717) is 0 Å². The van der Waals surface area contributed by atoms with Crippen molar-refractivity contribution in [3.05, 3.63) is 69.8 Å². The van der Waals surface area contributed by atoms with E-state index in [1.54, 1.807) is 0 Å². The molecule has 0 aliphatic rings. The highest BCUT2D eigenvalue weighted by Crippen LogP contribution is 2.18. The third kappa shape index (κ3) is 4.62. The quantitative estimate of drug-likeness (QED) is 0.534. The number of pyridine rings is 1. The molecular formula is C23H28N4O3. The molecule has 158 valence electrons. The molecule has 3 N–H and O–H groups in total. The Kier molecular flexibility index (Phi) is 6.72. The summed E-state index contributed by atoms with van der Waals surface area (Å²) in [5, 5.41) is 6.44. The molecule has 0 aliphatic carbocycles. The molecule has 0 radical (unpaired) electrons. The Hall–Kier alpha value is -3.35. The van der Waals surface area contributed by atoms with Crippen molar-refractivity contribution in [2.75, 3.05) is 7.05 Å². The summed E-state index contributed by atoms with van der Waals surface area (Å²) in [6, 6.07) is 9.12. The molecule has 1 unspecified atom stereocenters. The Morgan fingerprint density at radius 2 is 2.00 bits per heavy atom. The molecule has 2 amide bonds. The van der Waals surface area contributed by atoms with Crippen LogP contribution in [0.2, 0.25) is 0 Å². The van der Waals surface area contributed by atoms with Crippen LogP contribution in [0.1, 0.15) is 59.4 Å². The number of amides is 2. The Morgan fingerprint density at radius 1 is 1.20 bits per heavy atom. The summed E-state index contributed by atoms with van der Waals surface area (Å²) in [6.45, 7) is 4.31. The lowest BCUT2D eigenvalue weighted by Crippen LogP contribution is -2.36. The summed E-state index contributed by atoms with van der Waals surface area (Å²) in [5.41, 5.74) is 1.70. The monoisotopic (exact) mass is 408 g/mol. The van der Waals surface area contributed by atoms with Gasteiger partial charge in [-0.25, -0.2) is 0 Å². The minimum Gasteiger partial charge on any atom is -0.361 e. The van der Waals surface area contributed by atoms with Crippen LogP contribution < -0.4 is 16.2 Å². The lowest BCUT2D eigenvalue weighted by atomic mass is 10.1. The van der Waals surface area contributed by atoms with Crippen molar-refractivity contribution in [2.45, 2.75) is 45.7 Å². The molecule has 0 saturated carbocycles. The minimum absolute atomic E-state index is 0.00915. The molecule has 2 aromatic heterocycles. The Morgan fingerprint density at radius 3 is 2.73 bits per heavy atom. The fourth-order valence-corrected chi connectivity index (χ4v) is 3.54. The minimum atomic E-state index is -0.512. The average Bonchev–Trinajstić information content (AvgIpc) is 3.23. The third-order valence-electron chi connectivity index (χ3n) is 5.21. The molecule has 0 fully saturated rings. The number of aromatic amines is 1. The molecule has 3 rings (SSSR count). The number of unbranched alkanes of at least 4 members (excludes halogenated alkanes) is 1. The summed E-state index contributed by atoms with van der Waals surface area (Å²) >= 11 is 0. The number of rotatable bonds is 8. The van der Waals surface area contributed by atoms with Gasteiger partial charge in [-0.1, -0.05) is 31.9 Å². The lowest BCUT2D eigenvalue weighted by Gasteiger charge is -2.15. The molecule has 3 aromatic rings. The summed E-state index contributed by atoms with van der Waals surface area (Å²) in [4.78, 5) is 41.2. The highest BCUT2D eigenvalue weighted by molar-refractivity contribution is 5.99. The highest BCUT2D eigenvalue weighted by atomic mass is 16.2. The van der Waals surface area contributed by atoms with Gasteiger partial charge in [0.05, 0.1) is 12.1 Å². The molecule has 30 heavy (non-hydrogen) atoms. The number of aromatic nitrogens is 2. The van der Waals surface area contributed by atoms with Gasteiger partial charge < -0.3 is 20.2 Å². The van der Waals surface area contributed by atoms with Crippen LogP contribution in [0.5, 0.6) is 0 Å². The second-order valence-corrected chi connectivity index (χ2v) is 7.53. The Bertz CT molecular complexity index is 1110. The SMILES string of the molecule is CCCCC(C)NC(=O)c1cc(C(=O)NC)c(=O)n(Cc2cccc3[nH]ccc23)c1. The molecule has 0 aliphatic heterocycles. The van der Waals surface area contributed by atoms with Crippen molar-refractivity contribution in [1.82, 2.24) is 20.2 Å². The summed E-state index contributed by atoms with van der Waals surface area (Å²) in [7, 11) is 1.46. The number of carbonyl (C=O) groups is 2. The third-order valence-corrected chi connectivity index (χ3v) is 5.21. The largest absolute Gasteiger partial charge is 0.361 e. The Labute approximate surface area is 175 Å². The van der Waals surface area contributed by atoms with Crippen LogP contribution in [0.25, 0.3) is 10.9 Å². The standard InChI is InChI=1S/C23H28N4O3/c1-4-5-7-15(2)26-21(28)17-12-19(22(29)24-3)23(30)27(14-17)13-16-8-6-9-20-18(16)10-11-25-20/h6,8-12,14-15,25H,4-5,7,13H2,1-3H3,(H,24,29)(H,26,28). The molecule has 1 aromatic carbocycles. The molecule has 0 bridgehead atoms. The second kappa shape index (κ2) is 9.43. The predicted octanol–water partition coefficient (Wildman–Crippen LogP) is 3.05. The number of nitrogens with zero attached hydrogens (tertiary/aromatic N) is 1. The topological polar surface area (TPSA) is 96.0 Å². The van der Waals surface area contributed by atoms with Crippen LogP contribution >= 0.6 is 0 Å². The van der Waals surface area contributed by atoms with E-state index in [0.717, 1.165) is 35.7 Å². The maximum absolute atomic E-state index is 12.9. The van der Waals surface area contributed by atoms with Gasteiger partial charge >= 0.3 is 0 Å². The zero-order valence-corrected chi connectivity index (χ0v) is 17.6. The first-order chi connectivity index (χ1) is 14.4. The molecule has 7 nitrogen and oxygen atoms in total. The van der Waals surface area contributed by atoms with E-state index in [1.807, 2.05) is 37.4 Å². The fourth-order valence-electron chi connectivity index (χ4n) is 3.54. The number of carbonyl (C=O) groups excluding carboxylic acids is 2. The number of fused-ring (bicyclic) bond motifs is 1. The van der Waals surface area contributed by atoms with Crippen molar-refractivity contribution in [3.63, 3.8) is 0 Å². The van der Waals surface area contributed by atoms with Gasteiger partial charge in [0.1, 0.15) is 5.56 Å². The smallest absolute Gasteiger partial charge is 0.263 e. The molecule has 1 atom stereocenters. The number of nitrogens with one attached hydrogen (secondary N) is 3. The van der Waals surface area contributed by atoms with Crippen LogP contribution in [0, 0.1) is 0 Å². The maximum atomic E-state index is 12.9. The van der Waals surface area contributed by atoms with Gasteiger partial charge in [0.25, 0.3) is 17.4 Å². The van der Waals surface area contributed by atoms with Gasteiger partial charge in [0, 0.05) is 36.4 Å². The summed E-state index contributed by atoms with van der Waals surface area (Å²) < 4.78 is 1.43. The zero-order chi connectivity index (χ0) is 21.7. The van der Waals surface area contributed by atoms with Gasteiger partial charge in [0.2, 0.25) is 0 Å². The van der Waals surface area contributed by atoms with Gasteiger partial charge in [-0.3, -0.25) is 14.4 Å². The average molecular weight is 409 g/mol. The second-order valence-electron chi connectivity index (χ2n) is 7.53. The van der Waals surface area contributed by atoms with E-state index in [4.69, 9.17) is 0 Å². The normalized spacial score (nSPS) is 12.0. The molecule has 0 saturated heterocycles. The predicted molar refractivity (Wildman–Crippen MR) is 118 cm³/mol.